The lowest BCUT2D eigenvalue weighted by Crippen LogP contribution is -2.23. The summed E-state index contributed by atoms with van der Waals surface area (Å²) in [5.74, 6) is 1.33. The lowest BCUT2D eigenvalue weighted by molar-refractivity contribution is 0.238. The van der Waals surface area contributed by atoms with Crippen molar-refractivity contribution in [3.63, 3.8) is 0 Å². The van der Waals surface area contributed by atoms with Crippen molar-refractivity contribution in [3.05, 3.63) is 53.6 Å². The van der Waals surface area contributed by atoms with Crippen molar-refractivity contribution in [3.8, 4) is 11.5 Å². The number of likely N-dealkylation sites (tertiary alicyclic amines) is 1. The summed E-state index contributed by atoms with van der Waals surface area (Å²) < 4.78 is 7.31. The molecule has 6 nitrogen and oxygen atoms in total. The summed E-state index contributed by atoms with van der Waals surface area (Å²) in [7, 11) is 1.95. The topological polar surface area (TPSA) is 60.0 Å². The zero-order chi connectivity index (χ0) is 16.5. The lowest BCUT2D eigenvalue weighted by Gasteiger charge is -2.21. The van der Waals surface area contributed by atoms with Gasteiger partial charge in [-0.3, -0.25) is 9.58 Å². The average Bonchev–Trinajstić information content (AvgIpc) is 3.28. The molecule has 0 aliphatic carbocycles. The van der Waals surface area contributed by atoms with E-state index in [1.807, 2.05) is 30.1 Å². The summed E-state index contributed by atoms with van der Waals surface area (Å²) in [6, 6.07) is 8.51. The Labute approximate surface area is 141 Å². The molecule has 3 heterocycles. The van der Waals surface area contributed by atoms with Crippen LogP contribution in [0.2, 0.25) is 0 Å². The molecule has 0 amide bonds. The molecule has 1 aliphatic rings. The first kappa shape index (κ1) is 15.1. The second-order valence-electron chi connectivity index (χ2n) is 6.46. The Morgan fingerprint density at radius 3 is 3.04 bits per heavy atom. The number of benzene rings is 1. The van der Waals surface area contributed by atoms with E-state index in [9.17, 15) is 0 Å². The Morgan fingerprint density at radius 1 is 1.33 bits per heavy atom. The first-order chi connectivity index (χ1) is 11.7. The molecule has 3 aromatic rings. The highest BCUT2D eigenvalue weighted by molar-refractivity contribution is 5.53. The van der Waals surface area contributed by atoms with Crippen LogP contribution in [0, 0.1) is 6.92 Å². The summed E-state index contributed by atoms with van der Waals surface area (Å²) in [6.45, 7) is 3.81. The van der Waals surface area contributed by atoms with Crippen LogP contribution in [-0.2, 0) is 13.6 Å². The van der Waals surface area contributed by atoms with E-state index < -0.39 is 0 Å². The molecule has 0 radical (unpaired) electrons. The van der Waals surface area contributed by atoms with Gasteiger partial charge in [-0.2, -0.15) is 10.1 Å². The SMILES string of the molecule is Cc1cccc(-c2nc(CN3CCC[C@H]3c3cnn(C)c3)no2)c1. The number of hydrogen-bond acceptors (Lipinski definition) is 5. The molecule has 1 fully saturated rings. The molecular weight excluding hydrogens is 302 g/mol. The quantitative estimate of drug-likeness (QED) is 0.738. The van der Waals surface area contributed by atoms with Crippen LogP contribution in [-0.4, -0.2) is 31.4 Å². The monoisotopic (exact) mass is 323 g/mol. The van der Waals surface area contributed by atoms with Crippen LogP contribution in [0.4, 0.5) is 0 Å². The van der Waals surface area contributed by atoms with Crippen molar-refractivity contribution >= 4 is 0 Å². The van der Waals surface area contributed by atoms with E-state index >= 15 is 0 Å². The maximum absolute atomic E-state index is 5.46. The maximum Gasteiger partial charge on any atom is 0.257 e. The molecule has 0 spiro atoms. The van der Waals surface area contributed by atoms with Gasteiger partial charge in [0.1, 0.15) is 0 Å². The predicted octanol–water partition coefficient (Wildman–Crippen LogP) is 3.12. The summed E-state index contributed by atoms with van der Waals surface area (Å²) in [6.07, 6.45) is 6.38. The lowest BCUT2D eigenvalue weighted by atomic mass is 10.1. The predicted molar refractivity (Wildman–Crippen MR) is 90.1 cm³/mol. The Balaban J connectivity index is 1.51. The van der Waals surface area contributed by atoms with Gasteiger partial charge < -0.3 is 4.52 Å². The van der Waals surface area contributed by atoms with Gasteiger partial charge in [-0.1, -0.05) is 22.9 Å². The molecule has 1 aliphatic heterocycles. The van der Waals surface area contributed by atoms with Crippen molar-refractivity contribution in [1.82, 2.24) is 24.8 Å². The van der Waals surface area contributed by atoms with Crippen molar-refractivity contribution < 1.29 is 4.52 Å². The van der Waals surface area contributed by atoms with E-state index in [2.05, 4.69) is 45.4 Å². The summed E-state index contributed by atoms with van der Waals surface area (Å²) >= 11 is 0. The van der Waals surface area contributed by atoms with Crippen molar-refractivity contribution in [1.29, 1.82) is 0 Å². The van der Waals surface area contributed by atoms with Gasteiger partial charge in [-0.05, 0) is 38.4 Å². The first-order valence-corrected chi connectivity index (χ1v) is 8.31. The third-order valence-electron chi connectivity index (χ3n) is 4.55. The standard InChI is InChI=1S/C18H21N5O/c1-13-5-3-6-14(9-13)18-20-17(21-24-18)12-23-8-4-7-16(23)15-10-19-22(2)11-15/h3,5-6,9-11,16H,4,7-8,12H2,1-2H3/t16-/m0/s1. The highest BCUT2D eigenvalue weighted by Crippen LogP contribution is 2.32. The number of rotatable bonds is 4. The van der Waals surface area contributed by atoms with Gasteiger partial charge in [-0.25, -0.2) is 0 Å². The molecule has 1 saturated heterocycles. The molecule has 1 aromatic carbocycles. The van der Waals surface area contributed by atoms with Gasteiger partial charge >= 0.3 is 0 Å². The smallest absolute Gasteiger partial charge is 0.257 e. The Hall–Kier alpha value is -2.47. The van der Waals surface area contributed by atoms with Crippen LogP contribution >= 0.6 is 0 Å². The van der Waals surface area contributed by atoms with Gasteiger partial charge in [0.2, 0.25) is 0 Å². The molecule has 0 unspecified atom stereocenters. The van der Waals surface area contributed by atoms with E-state index in [1.54, 1.807) is 0 Å². The molecular formula is C18H21N5O. The van der Waals surface area contributed by atoms with E-state index in [0.717, 1.165) is 24.4 Å². The van der Waals surface area contributed by atoms with Crippen LogP contribution in [0.5, 0.6) is 0 Å². The molecule has 0 bridgehead atoms. The van der Waals surface area contributed by atoms with Gasteiger partial charge in [-0.15, -0.1) is 0 Å². The van der Waals surface area contributed by atoms with E-state index in [1.165, 1.54) is 17.5 Å². The minimum absolute atomic E-state index is 0.389. The molecule has 24 heavy (non-hydrogen) atoms. The Kier molecular flexibility index (Phi) is 3.90. The molecule has 2 aromatic heterocycles. The summed E-state index contributed by atoms with van der Waals surface area (Å²) in [5, 5.41) is 8.47. The zero-order valence-corrected chi connectivity index (χ0v) is 14.0. The van der Waals surface area contributed by atoms with Crippen molar-refractivity contribution in [2.75, 3.05) is 6.54 Å². The van der Waals surface area contributed by atoms with E-state index in [4.69, 9.17) is 4.52 Å². The number of aryl methyl sites for hydroxylation is 2. The third kappa shape index (κ3) is 2.97. The molecule has 6 heteroatoms. The fourth-order valence-corrected chi connectivity index (χ4v) is 3.40. The maximum atomic E-state index is 5.46. The highest BCUT2D eigenvalue weighted by Gasteiger charge is 2.28. The average molecular weight is 323 g/mol. The van der Waals surface area contributed by atoms with Crippen molar-refractivity contribution in [2.45, 2.75) is 32.4 Å². The van der Waals surface area contributed by atoms with Crippen LogP contribution in [0.1, 0.15) is 35.8 Å². The Bertz CT molecular complexity index is 837. The molecule has 1 atom stereocenters. The minimum atomic E-state index is 0.389. The molecule has 0 saturated carbocycles. The second kappa shape index (κ2) is 6.20. The summed E-state index contributed by atoms with van der Waals surface area (Å²) in [5.41, 5.74) is 3.42. The summed E-state index contributed by atoms with van der Waals surface area (Å²) in [4.78, 5) is 6.98. The fourth-order valence-electron chi connectivity index (χ4n) is 3.40. The van der Waals surface area contributed by atoms with Crippen LogP contribution < -0.4 is 0 Å². The van der Waals surface area contributed by atoms with Crippen LogP contribution in [0.25, 0.3) is 11.5 Å². The van der Waals surface area contributed by atoms with Gasteiger partial charge in [0.15, 0.2) is 5.82 Å². The normalized spacial score (nSPS) is 18.3. The van der Waals surface area contributed by atoms with Crippen LogP contribution in [0.15, 0.2) is 41.2 Å². The second-order valence-corrected chi connectivity index (χ2v) is 6.46. The van der Waals surface area contributed by atoms with E-state index in [0.29, 0.717) is 18.5 Å². The minimum Gasteiger partial charge on any atom is -0.334 e. The first-order valence-electron chi connectivity index (χ1n) is 8.31. The largest absolute Gasteiger partial charge is 0.334 e. The van der Waals surface area contributed by atoms with Crippen molar-refractivity contribution in [2.24, 2.45) is 7.05 Å². The molecule has 124 valence electrons. The number of aromatic nitrogens is 4. The van der Waals surface area contributed by atoms with Gasteiger partial charge in [0.05, 0.1) is 12.7 Å². The zero-order valence-electron chi connectivity index (χ0n) is 14.0. The highest BCUT2D eigenvalue weighted by atomic mass is 16.5. The fraction of sp³-hybridized carbons (Fsp3) is 0.389. The van der Waals surface area contributed by atoms with Crippen LogP contribution in [0.3, 0.4) is 0 Å². The number of hydrogen-bond donors (Lipinski definition) is 0. The number of nitrogens with zero attached hydrogens (tertiary/aromatic N) is 5. The Morgan fingerprint density at radius 2 is 2.25 bits per heavy atom. The molecule has 0 N–H and O–H groups in total. The van der Waals surface area contributed by atoms with E-state index in [-0.39, 0.29) is 0 Å². The molecule has 4 rings (SSSR count). The van der Waals surface area contributed by atoms with Gasteiger partial charge in [0.25, 0.3) is 5.89 Å². The third-order valence-corrected chi connectivity index (χ3v) is 4.55. The van der Waals surface area contributed by atoms with Gasteiger partial charge in [0, 0.05) is 30.4 Å².